The number of thioether (sulfide) groups is 1. The van der Waals surface area contributed by atoms with E-state index in [9.17, 15) is 9.18 Å². The van der Waals surface area contributed by atoms with Crippen molar-refractivity contribution in [1.82, 2.24) is 14.9 Å². The molecule has 27 heavy (non-hydrogen) atoms. The molecule has 6 nitrogen and oxygen atoms in total. The highest BCUT2D eigenvalue weighted by Crippen LogP contribution is 2.25. The Morgan fingerprint density at radius 3 is 2.67 bits per heavy atom. The average molecular weight is 385 g/mol. The van der Waals surface area contributed by atoms with Crippen LogP contribution in [0.4, 0.5) is 10.1 Å². The summed E-state index contributed by atoms with van der Waals surface area (Å²) in [6.07, 6.45) is 0.945. The van der Waals surface area contributed by atoms with Crippen molar-refractivity contribution >= 4 is 23.4 Å². The molecule has 3 rings (SSSR count). The number of aromatic nitrogens is 3. The SMILES string of the molecule is CCc1ccc(NC(=O)[C@@H](C)Sc2nnc(-c3cccc(F)c3)n2N)cc1. The highest BCUT2D eigenvalue weighted by molar-refractivity contribution is 8.00. The maximum absolute atomic E-state index is 13.4. The molecule has 3 aromatic rings. The summed E-state index contributed by atoms with van der Waals surface area (Å²) in [5, 5.41) is 10.8. The van der Waals surface area contributed by atoms with E-state index in [1.165, 1.54) is 34.1 Å². The monoisotopic (exact) mass is 385 g/mol. The lowest BCUT2D eigenvalue weighted by Crippen LogP contribution is -2.23. The normalized spacial score (nSPS) is 12.0. The number of amides is 1. The quantitative estimate of drug-likeness (QED) is 0.501. The summed E-state index contributed by atoms with van der Waals surface area (Å²) in [5.41, 5.74) is 2.46. The van der Waals surface area contributed by atoms with Crippen molar-refractivity contribution < 1.29 is 9.18 Å². The van der Waals surface area contributed by atoms with Crippen LogP contribution in [0.15, 0.2) is 53.7 Å². The molecule has 140 valence electrons. The fourth-order valence-electron chi connectivity index (χ4n) is 2.46. The van der Waals surface area contributed by atoms with Crippen molar-refractivity contribution in [1.29, 1.82) is 0 Å². The van der Waals surface area contributed by atoms with Gasteiger partial charge in [0.15, 0.2) is 5.82 Å². The van der Waals surface area contributed by atoms with Gasteiger partial charge in [-0.3, -0.25) is 4.79 Å². The molecule has 0 unspecified atom stereocenters. The molecule has 1 aromatic heterocycles. The van der Waals surface area contributed by atoms with E-state index in [1.54, 1.807) is 19.1 Å². The fourth-order valence-corrected chi connectivity index (χ4v) is 3.23. The second kappa shape index (κ2) is 8.22. The minimum Gasteiger partial charge on any atom is -0.335 e. The fraction of sp³-hybridized carbons (Fsp3) is 0.211. The molecular formula is C19H20FN5OS. The standard InChI is InChI=1S/C19H20FN5OS/c1-3-13-7-9-16(10-8-13)22-18(26)12(2)27-19-24-23-17(25(19)21)14-5-4-6-15(20)11-14/h4-12H,3,21H2,1-2H3,(H,22,26)/t12-/m1/s1. The summed E-state index contributed by atoms with van der Waals surface area (Å²) in [5.74, 6) is 5.82. The van der Waals surface area contributed by atoms with Gasteiger partial charge in [0.1, 0.15) is 5.82 Å². The Balaban J connectivity index is 1.68. The van der Waals surface area contributed by atoms with Gasteiger partial charge >= 0.3 is 0 Å². The molecular weight excluding hydrogens is 365 g/mol. The molecule has 3 N–H and O–H groups in total. The molecule has 1 atom stereocenters. The van der Waals surface area contributed by atoms with Gasteiger partial charge in [0.25, 0.3) is 0 Å². The van der Waals surface area contributed by atoms with Gasteiger partial charge in [-0.25, -0.2) is 9.07 Å². The molecule has 0 spiro atoms. The van der Waals surface area contributed by atoms with Crippen molar-refractivity contribution in [2.24, 2.45) is 0 Å². The zero-order chi connectivity index (χ0) is 19.4. The number of anilines is 1. The Labute approximate surface area is 161 Å². The number of rotatable bonds is 6. The third kappa shape index (κ3) is 4.46. The summed E-state index contributed by atoms with van der Waals surface area (Å²) in [6.45, 7) is 3.84. The molecule has 8 heteroatoms. The number of benzene rings is 2. The molecule has 2 aromatic carbocycles. The molecule has 0 fully saturated rings. The van der Waals surface area contributed by atoms with Crippen molar-refractivity contribution in [3.05, 3.63) is 59.9 Å². The molecule has 1 amide bonds. The van der Waals surface area contributed by atoms with Crippen LogP contribution in [0.5, 0.6) is 0 Å². The van der Waals surface area contributed by atoms with E-state index in [2.05, 4.69) is 22.4 Å². The first kappa shape index (κ1) is 18.9. The first-order valence-corrected chi connectivity index (χ1v) is 9.38. The highest BCUT2D eigenvalue weighted by atomic mass is 32.2. The van der Waals surface area contributed by atoms with Crippen LogP contribution in [-0.2, 0) is 11.2 Å². The number of aryl methyl sites for hydroxylation is 1. The van der Waals surface area contributed by atoms with E-state index in [1.807, 2.05) is 24.3 Å². The zero-order valence-electron chi connectivity index (χ0n) is 15.0. The lowest BCUT2D eigenvalue weighted by atomic mass is 10.1. The Hall–Kier alpha value is -2.87. The van der Waals surface area contributed by atoms with Crippen molar-refractivity contribution in [3.63, 3.8) is 0 Å². The number of hydrogen-bond donors (Lipinski definition) is 2. The predicted octanol–water partition coefficient (Wildman–Crippen LogP) is 3.48. The van der Waals surface area contributed by atoms with Gasteiger partial charge in [-0.15, -0.1) is 10.2 Å². The van der Waals surface area contributed by atoms with Gasteiger partial charge < -0.3 is 11.2 Å². The maximum Gasteiger partial charge on any atom is 0.237 e. The number of hydrogen-bond acceptors (Lipinski definition) is 5. The van der Waals surface area contributed by atoms with Crippen LogP contribution in [0.3, 0.4) is 0 Å². The van der Waals surface area contributed by atoms with Gasteiger partial charge in [0.05, 0.1) is 5.25 Å². The molecule has 0 saturated heterocycles. The topological polar surface area (TPSA) is 85.8 Å². The Morgan fingerprint density at radius 2 is 2.00 bits per heavy atom. The van der Waals surface area contributed by atoms with Crippen molar-refractivity contribution in [3.8, 4) is 11.4 Å². The maximum atomic E-state index is 13.4. The van der Waals surface area contributed by atoms with Crippen LogP contribution in [0, 0.1) is 5.82 Å². The minimum atomic E-state index is -0.442. The molecule has 0 aliphatic rings. The van der Waals surface area contributed by atoms with Crippen molar-refractivity contribution in [2.45, 2.75) is 30.7 Å². The largest absolute Gasteiger partial charge is 0.335 e. The first-order valence-electron chi connectivity index (χ1n) is 8.50. The van der Waals surface area contributed by atoms with Crippen LogP contribution in [0.1, 0.15) is 19.4 Å². The van der Waals surface area contributed by atoms with E-state index in [4.69, 9.17) is 5.84 Å². The number of nitrogens with zero attached hydrogens (tertiary/aromatic N) is 3. The second-order valence-corrected chi connectivity index (χ2v) is 7.29. The van der Waals surface area contributed by atoms with Crippen molar-refractivity contribution in [2.75, 3.05) is 11.2 Å². The predicted molar refractivity (Wildman–Crippen MR) is 105 cm³/mol. The van der Waals surface area contributed by atoms with Gasteiger partial charge in [-0.1, -0.05) is 43.0 Å². The summed E-state index contributed by atoms with van der Waals surface area (Å²) < 4.78 is 14.7. The lowest BCUT2D eigenvalue weighted by molar-refractivity contribution is -0.115. The molecule has 0 radical (unpaired) electrons. The molecule has 1 heterocycles. The van der Waals surface area contributed by atoms with Gasteiger partial charge in [0.2, 0.25) is 11.1 Å². The lowest BCUT2D eigenvalue weighted by Gasteiger charge is -2.12. The van der Waals surface area contributed by atoms with Gasteiger partial charge in [-0.05, 0) is 43.2 Å². The number of nitrogens with two attached hydrogens (primary N) is 1. The van der Waals surface area contributed by atoms with Crippen LogP contribution >= 0.6 is 11.8 Å². The number of halogens is 1. The summed E-state index contributed by atoms with van der Waals surface area (Å²) in [6, 6.07) is 13.7. The summed E-state index contributed by atoms with van der Waals surface area (Å²) >= 11 is 1.18. The zero-order valence-corrected chi connectivity index (χ0v) is 15.8. The average Bonchev–Trinajstić information content (AvgIpc) is 3.02. The van der Waals surface area contributed by atoms with Gasteiger partial charge in [-0.2, -0.15) is 0 Å². The summed E-state index contributed by atoms with van der Waals surface area (Å²) in [7, 11) is 0. The molecule has 0 saturated carbocycles. The van der Waals surface area contributed by atoms with Gasteiger partial charge in [0, 0.05) is 11.3 Å². The van der Waals surface area contributed by atoms with E-state index in [-0.39, 0.29) is 11.7 Å². The first-order chi connectivity index (χ1) is 13.0. The van der Waals surface area contributed by atoms with Crippen LogP contribution in [-0.4, -0.2) is 26.0 Å². The number of nitrogen functional groups attached to an aromatic ring is 1. The third-order valence-electron chi connectivity index (χ3n) is 4.03. The van der Waals surface area contributed by atoms with Crippen LogP contribution in [0.2, 0.25) is 0 Å². The molecule has 0 aliphatic carbocycles. The smallest absolute Gasteiger partial charge is 0.237 e. The highest BCUT2D eigenvalue weighted by Gasteiger charge is 2.20. The van der Waals surface area contributed by atoms with E-state index in [0.717, 1.165) is 12.1 Å². The van der Waals surface area contributed by atoms with E-state index < -0.39 is 5.25 Å². The molecule has 0 bridgehead atoms. The molecule has 0 aliphatic heterocycles. The Bertz CT molecular complexity index is 942. The summed E-state index contributed by atoms with van der Waals surface area (Å²) in [4.78, 5) is 12.4. The minimum absolute atomic E-state index is 0.167. The second-order valence-electron chi connectivity index (χ2n) is 5.99. The van der Waals surface area contributed by atoms with Crippen LogP contribution < -0.4 is 11.2 Å². The van der Waals surface area contributed by atoms with Crippen LogP contribution in [0.25, 0.3) is 11.4 Å². The Morgan fingerprint density at radius 1 is 1.26 bits per heavy atom. The number of carbonyl (C=O) groups is 1. The number of carbonyl (C=O) groups excluding carboxylic acids is 1. The van der Waals surface area contributed by atoms with E-state index >= 15 is 0 Å². The Kier molecular flexibility index (Phi) is 5.75. The van der Waals surface area contributed by atoms with E-state index in [0.29, 0.717) is 16.5 Å². The third-order valence-corrected chi connectivity index (χ3v) is 5.09. The number of nitrogens with one attached hydrogen (secondary N) is 1.